The number of fused-ring (bicyclic) bond motifs is 1. The van der Waals surface area contributed by atoms with Crippen molar-refractivity contribution < 1.29 is 9.18 Å². The fourth-order valence-corrected chi connectivity index (χ4v) is 3.55. The summed E-state index contributed by atoms with van der Waals surface area (Å²) in [5, 5.41) is 13.0. The molecule has 0 saturated heterocycles. The summed E-state index contributed by atoms with van der Waals surface area (Å²) in [7, 11) is 0. The molecule has 0 aliphatic carbocycles. The highest BCUT2D eigenvalue weighted by Crippen LogP contribution is 2.20. The number of para-hydroxylation sites is 1. The van der Waals surface area contributed by atoms with Gasteiger partial charge >= 0.3 is 6.03 Å². The quantitative estimate of drug-likeness (QED) is 0.442. The van der Waals surface area contributed by atoms with Crippen LogP contribution in [0.25, 0.3) is 10.9 Å². The van der Waals surface area contributed by atoms with E-state index in [0.717, 1.165) is 16.5 Å². The summed E-state index contributed by atoms with van der Waals surface area (Å²) in [6.07, 6.45) is 2.56. The van der Waals surface area contributed by atoms with Gasteiger partial charge < -0.3 is 15.2 Å². The Labute approximate surface area is 179 Å². The lowest BCUT2D eigenvalue weighted by atomic mass is 10.1. The molecule has 0 bridgehead atoms. The van der Waals surface area contributed by atoms with Crippen LogP contribution in [0.3, 0.4) is 0 Å². The first-order chi connectivity index (χ1) is 15.1. The summed E-state index contributed by atoms with van der Waals surface area (Å²) in [6.45, 7) is 0.540. The van der Waals surface area contributed by atoms with E-state index in [-0.39, 0.29) is 18.4 Å². The first kappa shape index (κ1) is 20.2. The number of carbonyl (C=O) groups excluding carboxylic acids is 1. The number of urea groups is 1. The molecule has 0 unspecified atom stereocenters. The number of benzene rings is 3. The standard InChI is InChI=1S/C25H21FN4O/c26-23-10-3-1-7-20(23)17-30(25(31)29-21-8-5-6-18(14-21)15-27)13-12-19-16-28-24-11-4-2-9-22(19)24/h1-11,14,16,28H,12-13,17H2,(H,29,31). The van der Waals surface area contributed by atoms with Gasteiger partial charge in [0.1, 0.15) is 5.82 Å². The van der Waals surface area contributed by atoms with E-state index in [1.807, 2.05) is 30.5 Å². The SMILES string of the molecule is N#Cc1cccc(NC(=O)N(CCc2c[nH]c3ccccc23)Cc2ccccc2F)c1. The third-order valence-electron chi connectivity index (χ3n) is 5.18. The Morgan fingerprint density at radius 2 is 1.84 bits per heavy atom. The Hall–Kier alpha value is -4.11. The maximum Gasteiger partial charge on any atom is 0.322 e. The van der Waals surface area contributed by atoms with Crippen molar-refractivity contribution in [2.45, 2.75) is 13.0 Å². The van der Waals surface area contributed by atoms with Crippen molar-refractivity contribution in [2.24, 2.45) is 0 Å². The second-order valence-corrected chi connectivity index (χ2v) is 7.25. The number of rotatable bonds is 6. The lowest BCUT2D eigenvalue weighted by Gasteiger charge is -2.23. The van der Waals surface area contributed by atoms with Crippen LogP contribution < -0.4 is 5.32 Å². The molecule has 0 spiro atoms. The molecule has 0 atom stereocenters. The van der Waals surface area contributed by atoms with Crippen LogP contribution >= 0.6 is 0 Å². The molecule has 6 heteroatoms. The summed E-state index contributed by atoms with van der Waals surface area (Å²) in [6, 6.07) is 22.9. The molecular formula is C25H21FN4O. The zero-order valence-corrected chi connectivity index (χ0v) is 16.8. The molecule has 5 nitrogen and oxygen atoms in total. The Kier molecular flexibility index (Phi) is 5.95. The maximum atomic E-state index is 14.3. The van der Waals surface area contributed by atoms with E-state index in [1.54, 1.807) is 47.4 Å². The molecule has 3 aromatic carbocycles. The summed E-state index contributed by atoms with van der Waals surface area (Å²) >= 11 is 0. The van der Waals surface area contributed by atoms with Crippen LogP contribution in [0.4, 0.5) is 14.9 Å². The number of hydrogen-bond acceptors (Lipinski definition) is 2. The fourth-order valence-electron chi connectivity index (χ4n) is 3.55. The molecule has 2 amide bonds. The summed E-state index contributed by atoms with van der Waals surface area (Å²) in [4.78, 5) is 17.9. The molecule has 1 heterocycles. The minimum atomic E-state index is -0.349. The van der Waals surface area contributed by atoms with Crippen LogP contribution in [0.2, 0.25) is 0 Å². The molecule has 0 aliphatic heterocycles. The Morgan fingerprint density at radius 1 is 1.03 bits per heavy atom. The number of aromatic amines is 1. The van der Waals surface area contributed by atoms with Crippen LogP contribution in [-0.2, 0) is 13.0 Å². The molecule has 1 aromatic heterocycles. The average Bonchev–Trinajstić information content (AvgIpc) is 3.21. The molecule has 0 fully saturated rings. The van der Waals surface area contributed by atoms with E-state index >= 15 is 0 Å². The largest absolute Gasteiger partial charge is 0.361 e. The van der Waals surface area contributed by atoms with Gasteiger partial charge in [-0.3, -0.25) is 0 Å². The lowest BCUT2D eigenvalue weighted by molar-refractivity contribution is 0.209. The van der Waals surface area contributed by atoms with Crippen molar-refractivity contribution >= 4 is 22.6 Å². The number of halogens is 1. The minimum absolute atomic E-state index is 0.138. The number of carbonyl (C=O) groups is 1. The third kappa shape index (κ3) is 4.73. The zero-order chi connectivity index (χ0) is 21.6. The van der Waals surface area contributed by atoms with Gasteiger partial charge in [-0.2, -0.15) is 5.26 Å². The van der Waals surface area contributed by atoms with Crippen molar-refractivity contribution in [3.8, 4) is 6.07 Å². The highest BCUT2D eigenvalue weighted by atomic mass is 19.1. The first-order valence-corrected chi connectivity index (χ1v) is 9.98. The van der Waals surface area contributed by atoms with Crippen molar-refractivity contribution in [1.82, 2.24) is 9.88 Å². The average molecular weight is 412 g/mol. The lowest BCUT2D eigenvalue weighted by Crippen LogP contribution is -2.36. The molecule has 2 N–H and O–H groups in total. The van der Waals surface area contributed by atoms with E-state index in [0.29, 0.717) is 29.8 Å². The third-order valence-corrected chi connectivity index (χ3v) is 5.18. The van der Waals surface area contributed by atoms with Crippen LogP contribution in [0.15, 0.2) is 79.0 Å². The molecule has 31 heavy (non-hydrogen) atoms. The summed E-state index contributed by atoms with van der Waals surface area (Å²) in [5.74, 6) is -0.348. The van der Waals surface area contributed by atoms with Gasteiger partial charge in [-0.1, -0.05) is 42.5 Å². The molecule has 154 valence electrons. The molecule has 0 saturated carbocycles. The van der Waals surface area contributed by atoms with E-state index in [2.05, 4.69) is 16.4 Å². The second-order valence-electron chi connectivity index (χ2n) is 7.25. The Balaban J connectivity index is 1.55. The zero-order valence-electron chi connectivity index (χ0n) is 16.8. The van der Waals surface area contributed by atoms with Crippen molar-refractivity contribution in [2.75, 3.05) is 11.9 Å². The highest BCUT2D eigenvalue weighted by molar-refractivity contribution is 5.89. The monoisotopic (exact) mass is 412 g/mol. The molecular weight excluding hydrogens is 391 g/mol. The first-order valence-electron chi connectivity index (χ1n) is 9.98. The van der Waals surface area contributed by atoms with Crippen LogP contribution in [-0.4, -0.2) is 22.5 Å². The minimum Gasteiger partial charge on any atom is -0.361 e. The molecule has 4 rings (SSSR count). The van der Waals surface area contributed by atoms with E-state index in [1.165, 1.54) is 6.07 Å². The number of hydrogen-bond donors (Lipinski definition) is 2. The number of nitrogens with zero attached hydrogens (tertiary/aromatic N) is 2. The summed E-state index contributed by atoms with van der Waals surface area (Å²) in [5.41, 5.74) is 3.55. The molecule has 0 radical (unpaired) electrons. The van der Waals surface area contributed by atoms with Crippen LogP contribution in [0.1, 0.15) is 16.7 Å². The maximum absolute atomic E-state index is 14.3. The predicted molar refractivity (Wildman–Crippen MR) is 119 cm³/mol. The van der Waals surface area contributed by atoms with Gasteiger partial charge in [-0.25, -0.2) is 9.18 Å². The summed E-state index contributed by atoms with van der Waals surface area (Å²) < 4.78 is 14.3. The van der Waals surface area contributed by atoms with Crippen molar-refractivity contribution in [3.05, 3.63) is 102 Å². The number of nitriles is 1. The number of anilines is 1. The topological polar surface area (TPSA) is 71.9 Å². The number of nitrogens with one attached hydrogen (secondary N) is 2. The fraction of sp³-hybridized carbons (Fsp3) is 0.120. The van der Waals surface area contributed by atoms with Gasteiger partial charge in [0.2, 0.25) is 0 Å². The van der Waals surface area contributed by atoms with E-state index in [4.69, 9.17) is 5.26 Å². The molecule has 4 aromatic rings. The van der Waals surface area contributed by atoms with Crippen LogP contribution in [0, 0.1) is 17.1 Å². The normalized spacial score (nSPS) is 10.6. The predicted octanol–water partition coefficient (Wildman–Crippen LogP) is 5.46. The van der Waals surface area contributed by atoms with Crippen molar-refractivity contribution in [1.29, 1.82) is 5.26 Å². The van der Waals surface area contributed by atoms with Gasteiger partial charge in [-0.15, -0.1) is 0 Å². The highest BCUT2D eigenvalue weighted by Gasteiger charge is 2.17. The van der Waals surface area contributed by atoms with Gasteiger partial charge in [-0.05, 0) is 42.3 Å². The van der Waals surface area contributed by atoms with Crippen LogP contribution in [0.5, 0.6) is 0 Å². The van der Waals surface area contributed by atoms with Gasteiger partial charge in [0.05, 0.1) is 18.2 Å². The number of H-pyrrole nitrogens is 1. The van der Waals surface area contributed by atoms with Gasteiger partial charge in [0.15, 0.2) is 0 Å². The second kappa shape index (κ2) is 9.14. The molecule has 0 aliphatic rings. The van der Waals surface area contributed by atoms with E-state index in [9.17, 15) is 9.18 Å². The Morgan fingerprint density at radius 3 is 2.68 bits per heavy atom. The number of amides is 2. The van der Waals surface area contributed by atoms with Gasteiger partial charge in [0, 0.05) is 34.9 Å². The van der Waals surface area contributed by atoms with E-state index < -0.39 is 0 Å². The van der Waals surface area contributed by atoms with Crippen molar-refractivity contribution in [3.63, 3.8) is 0 Å². The Bertz CT molecular complexity index is 1260. The van der Waals surface area contributed by atoms with Gasteiger partial charge in [0.25, 0.3) is 0 Å². The number of aromatic nitrogens is 1. The smallest absolute Gasteiger partial charge is 0.322 e.